The zero-order valence-corrected chi connectivity index (χ0v) is 8.74. The second kappa shape index (κ2) is 3.88. The summed E-state index contributed by atoms with van der Waals surface area (Å²) in [6, 6.07) is 1.76. The van der Waals surface area contributed by atoms with Crippen molar-refractivity contribution in [2.24, 2.45) is 0 Å². The minimum Gasteiger partial charge on any atom is -0.382 e. The Morgan fingerprint density at radius 3 is 2.79 bits per heavy atom. The molecule has 1 unspecified atom stereocenters. The third-order valence-electron chi connectivity index (χ3n) is 2.46. The lowest BCUT2D eigenvalue weighted by Crippen LogP contribution is -2.34. The van der Waals surface area contributed by atoms with Crippen LogP contribution in [0.25, 0.3) is 0 Å². The highest BCUT2D eigenvalue weighted by molar-refractivity contribution is 6.02. The van der Waals surface area contributed by atoms with Gasteiger partial charge in [-0.15, -0.1) is 0 Å². The second-order valence-electron chi connectivity index (χ2n) is 3.65. The van der Waals surface area contributed by atoms with E-state index in [2.05, 4.69) is 4.98 Å². The topological polar surface area (TPSA) is 50.2 Å². The average Bonchev–Trinajstić information content (AvgIpc) is 2.17. The first-order valence-electron chi connectivity index (χ1n) is 4.67. The largest absolute Gasteiger partial charge is 0.382 e. The summed E-state index contributed by atoms with van der Waals surface area (Å²) in [5, 5.41) is 9.79. The van der Waals surface area contributed by atoms with Gasteiger partial charge >= 0.3 is 0 Å². The Morgan fingerprint density at radius 1 is 1.64 bits per heavy atom. The van der Waals surface area contributed by atoms with Crippen LogP contribution >= 0.6 is 0 Å². The molecule has 0 bridgehead atoms. The van der Waals surface area contributed by atoms with Gasteiger partial charge in [0.15, 0.2) is 5.78 Å². The van der Waals surface area contributed by atoms with Crippen molar-refractivity contribution < 1.29 is 9.90 Å². The molecule has 0 saturated heterocycles. The van der Waals surface area contributed by atoms with Crippen LogP contribution in [0.4, 0.5) is 0 Å². The van der Waals surface area contributed by atoms with Crippen molar-refractivity contribution in [2.75, 3.05) is 0 Å². The fourth-order valence-corrected chi connectivity index (χ4v) is 1.15. The fraction of sp³-hybridized carbons (Fsp3) is 0.455. The van der Waals surface area contributed by atoms with E-state index in [9.17, 15) is 9.90 Å². The van der Waals surface area contributed by atoms with Gasteiger partial charge in [-0.05, 0) is 31.9 Å². The van der Waals surface area contributed by atoms with Gasteiger partial charge < -0.3 is 5.11 Å². The normalized spacial score (nSPS) is 14.9. The van der Waals surface area contributed by atoms with Crippen molar-refractivity contribution in [2.45, 2.75) is 32.8 Å². The van der Waals surface area contributed by atoms with Crippen LogP contribution in [0.2, 0.25) is 0 Å². The van der Waals surface area contributed by atoms with Crippen molar-refractivity contribution in [1.82, 2.24) is 4.98 Å². The summed E-state index contributed by atoms with van der Waals surface area (Å²) in [6.07, 6.45) is 3.54. The molecule has 1 atom stereocenters. The van der Waals surface area contributed by atoms with Gasteiger partial charge in [-0.2, -0.15) is 0 Å². The summed E-state index contributed by atoms with van der Waals surface area (Å²) < 4.78 is 0. The van der Waals surface area contributed by atoms with Gasteiger partial charge in [-0.1, -0.05) is 6.92 Å². The monoisotopic (exact) mass is 193 g/mol. The fourth-order valence-electron chi connectivity index (χ4n) is 1.15. The molecular weight excluding hydrogens is 178 g/mol. The first-order chi connectivity index (χ1) is 6.49. The van der Waals surface area contributed by atoms with Gasteiger partial charge in [0.25, 0.3) is 0 Å². The Morgan fingerprint density at radius 2 is 2.29 bits per heavy atom. The SMILES string of the molecule is CCC(C)(O)C(=O)c1cnccc1C. The van der Waals surface area contributed by atoms with E-state index in [4.69, 9.17) is 0 Å². The molecule has 0 aliphatic carbocycles. The standard InChI is InChI=1S/C11H15NO2/c1-4-11(3,14)10(13)9-7-12-6-5-8(9)2/h5-7,14H,4H2,1-3H3. The first kappa shape index (κ1) is 10.9. The molecule has 3 nitrogen and oxygen atoms in total. The summed E-state index contributed by atoms with van der Waals surface area (Å²) in [4.78, 5) is 15.7. The Hall–Kier alpha value is -1.22. The first-order valence-corrected chi connectivity index (χ1v) is 4.67. The Bertz CT molecular complexity index is 345. The number of hydrogen-bond acceptors (Lipinski definition) is 3. The van der Waals surface area contributed by atoms with Gasteiger partial charge in [0.2, 0.25) is 0 Å². The zero-order chi connectivity index (χ0) is 10.8. The van der Waals surface area contributed by atoms with Crippen molar-refractivity contribution in [1.29, 1.82) is 0 Å². The van der Waals surface area contributed by atoms with Crippen molar-refractivity contribution >= 4 is 5.78 Å². The van der Waals surface area contributed by atoms with Crippen LogP contribution in [0.3, 0.4) is 0 Å². The number of aryl methyl sites for hydroxylation is 1. The zero-order valence-electron chi connectivity index (χ0n) is 8.74. The second-order valence-corrected chi connectivity index (χ2v) is 3.65. The molecule has 3 heteroatoms. The van der Waals surface area contributed by atoms with Crippen LogP contribution in [0.1, 0.15) is 36.2 Å². The van der Waals surface area contributed by atoms with Gasteiger partial charge in [0.05, 0.1) is 0 Å². The van der Waals surface area contributed by atoms with E-state index in [1.807, 2.05) is 6.92 Å². The van der Waals surface area contributed by atoms with Gasteiger partial charge in [0.1, 0.15) is 5.60 Å². The third kappa shape index (κ3) is 1.99. The number of hydrogen-bond donors (Lipinski definition) is 1. The van der Waals surface area contributed by atoms with Crippen LogP contribution in [0.5, 0.6) is 0 Å². The quantitative estimate of drug-likeness (QED) is 0.744. The third-order valence-corrected chi connectivity index (χ3v) is 2.46. The molecule has 0 amide bonds. The molecule has 1 heterocycles. The maximum atomic E-state index is 11.8. The molecule has 76 valence electrons. The number of rotatable bonds is 3. The van der Waals surface area contributed by atoms with E-state index < -0.39 is 5.60 Å². The number of pyridine rings is 1. The van der Waals surface area contributed by atoms with E-state index in [1.165, 1.54) is 13.1 Å². The Kier molecular flexibility index (Phi) is 3.01. The maximum absolute atomic E-state index is 11.8. The number of nitrogens with zero attached hydrogens (tertiary/aromatic N) is 1. The van der Waals surface area contributed by atoms with Gasteiger partial charge in [-0.3, -0.25) is 9.78 Å². The minimum atomic E-state index is -1.28. The Balaban J connectivity index is 3.07. The molecule has 14 heavy (non-hydrogen) atoms. The molecule has 1 N–H and O–H groups in total. The summed E-state index contributed by atoms with van der Waals surface area (Å²) in [6.45, 7) is 5.14. The van der Waals surface area contributed by atoms with E-state index >= 15 is 0 Å². The van der Waals surface area contributed by atoms with E-state index in [-0.39, 0.29) is 5.78 Å². The molecule has 1 rings (SSSR count). The Labute approximate surface area is 83.8 Å². The molecule has 0 aromatic carbocycles. The molecule has 1 aromatic rings. The summed E-state index contributed by atoms with van der Waals surface area (Å²) in [5.41, 5.74) is 0.0615. The number of carbonyl (C=O) groups excluding carboxylic acids is 1. The molecule has 1 aromatic heterocycles. The number of aliphatic hydroxyl groups is 1. The molecule has 0 aliphatic heterocycles. The molecule has 0 radical (unpaired) electrons. The van der Waals surface area contributed by atoms with Crippen LogP contribution in [0, 0.1) is 6.92 Å². The molecule has 0 aliphatic rings. The minimum absolute atomic E-state index is 0.259. The highest BCUT2D eigenvalue weighted by Crippen LogP contribution is 2.18. The molecule has 0 saturated carbocycles. The highest BCUT2D eigenvalue weighted by Gasteiger charge is 2.29. The number of aromatic nitrogens is 1. The van der Waals surface area contributed by atoms with E-state index in [0.717, 1.165) is 5.56 Å². The molecule has 0 spiro atoms. The molecule has 0 fully saturated rings. The lowest BCUT2D eigenvalue weighted by Gasteiger charge is -2.20. The predicted octanol–water partition coefficient (Wildman–Crippen LogP) is 1.73. The lowest BCUT2D eigenvalue weighted by molar-refractivity contribution is 0.0389. The molecular formula is C11H15NO2. The van der Waals surface area contributed by atoms with Gasteiger partial charge in [0, 0.05) is 18.0 Å². The maximum Gasteiger partial charge on any atom is 0.195 e. The van der Waals surface area contributed by atoms with Crippen LogP contribution < -0.4 is 0 Å². The smallest absolute Gasteiger partial charge is 0.195 e. The summed E-state index contributed by atoms with van der Waals surface area (Å²) in [7, 11) is 0. The van der Waals surface area contributed by atoms with E-state index in [0.29, 0.717) is 12.0 Å². The van der Waals surface area contributed by atoms with Gasteiger partial charge in [-0.25, -0.2) is 0 Å². The number of Topliss-reactive ketones (excluding diaryl/α,β-unsaturated/α-hetero) is 1. The highest BCUT2D eigenvalue weighted by atomic mass is 16.3. The van der Waals surface area contributed by atoms with Crippen LogP contribution in [-0.2, 0) is 0 Å². The van der Waals surface area contributed by atoms with E-state index in [1.54, 1.807) is 19.2 Å². The van der Waals surface area contributed by atoms with Crippen molar-refractivity contribution in [3.8, 4) is 0 Å². The average molecular weight is 193 g/mol. The van der Waals surface area contributed by atoms with Crippen LogP contribution in [-0.4, -0.2) is 21.5 Å². The summed E-state index contributed by atoms with van der Waals surface area (Å²) >= 11 is 0. The predicted molar refractivity (Wildman–Crippen MR) is 54.2 cm³/mol. The lowest BCUT2D eigenvalue weighted by atomic mass is 9.91. The van der Waals surface area contributed by atoms with Crippen molar-refractivity contribution in [3.05, 3.63) is 29.6 Å². The number of carbonyl (C=O) groups is 1. The van der Waals surface area contributed by atoms with Crippen molar-refractivity contribution in [3.63, 3.8) is 0 Å². The number of ketones is 1. The van der Waals surface area contributed by atoms with Crippen LogP contribution in [0.15, 0.2) is 18.5 Å². The summed E-state index contributed by atoms with van der Waals surface area (Å²) in [5.74, 6) is -0.259.